The Morgan fingerprint density at radius 2 is 2.00 bits per heavy atom. The van der Waals surface area contributed by atoms with E-state index in [4.69, 9.17) is 4.74 Å². The molecular formula is C12H22N2O3. The van der Waals surface area contributed by atoms with Crippen molar-refractivity contribution in [2.75, 3.05) is 27.2 Å². The lowest BCUT2D eigenvalue weighted by Gasteiger charge is -2.27. The van der Waals surface area contributed by atoms with E-state index in [0.29, 0.717) is 19.1 Å². The zero-order valence-electron chi connectivity index (χ0n) is 11.1. The topological polar surface area (TPSA) is 58.6 Å². The number of esters is 1. The molecule has 0 aromatic rings. The normalized spacial score (nSPS) is 15.8. The summed E-state index contributed by atoms with van der Waals surface area (Å²) in [5.74, 6) is -0.234. The highest BCUT2D eigenvalue weighted by Gasteiger charge is 2.31. The van der Waals surface area contributed by atoms with Gasteiger partial charge in [-0.1, -0.05) is 0 Å². The zero-order chi connectivity index (χ0) is 13.1. The highest BCUT2D eigenvalue weighted by Crippen LogP contribution is 2.19. The van der Waals surface area contributed by atoms with E-state index in [1.807, 2.05) is 25.8 Å². The summed E-state index contributed by atoms with van der Waals surface area (Å²) in [5.41, 5.74) is -0.594. The minimum absolute atomic E-state index is 0.0238. The maximum Gasteiger partial charge on any atom is 0.312 e. The summed E-state index contributed by atoms with van der Waals surface area (Å²) in [5, 5.41) is 2.92. The molecule has 0 heterocycles. The summed E-state index contributed by atoms with van der Waals surface area (Å²) in [6.07, 6.45) is 2.17. The lowest BCUT2D eigenvalue weighted by Crippen LogP contribution is -2.43. The van der Waals surface area contributed by atoms with Gasteiger partial charge in [-0.2, -0.15) is 0 Å². The molecule has 1 rings (SSSR count). The van der Waals surface area contributed by atoms with E-state index < -0.39 is 5.41 Å². The van der Waals surface area contributed by atoms with Gasteiger partial charge in [0.1, 0.15) is 0 Å². The summed E-state index contributed by atoms with van der Waals surface area (Å²) in [4.78, 5) is 24.9. The standard InChI is InChI=1S/C12H22N2O3/c1-12(2,11(16)17-4)8-14(3)7-10(15)13-9-5-6-9/h9H,5-8H2,1-4H3,(H,13,15). The number of carbonyl (C=O) groups is 2. The highest BCUT2D eigenvalue weighted by molar-refractivity contribution is 5.79. The van der Waals surface area contributed by atoms with Gasteiger partial charge in [-0.25, -0.2) is 0 Å². The molecular weight excluding hydrogens is 220 g/mol. The molecule has 0 saturated heterocycles. The smallest absolute Gasteiger partial charge is 0.312 e. The Morgan fingerprint density at radius 1 is 1.41 bits per heavy atom. The van der Waals surface area contributed by atoms with E-state index in [1.54, 1.807) is 0 Å². The van der Waals surface area contributed by atoms with Crippen LogP contribution in [0.5, 0.6) is 0 Å². The maximum absolute atomic E-state index is 11.6. The number of methoxy groups -OCH3 is 1. The van der Waals surface area contributed by atoms with Crippen LogP contribution in [0.3, 0.4) is 0 Å². The van der Waals surface area contributed by atoms with Crippen molar-refractivity contribution in [3.05, 3.63) is 0 Å². The minimum Gasteiger partial charge on any atom is -0.469 e. The second kappa shape index (κ2) is 5.49. The second-order valence-corrected chi connectivity index (χ2v) is 5.39. The fourth-order valence-electron chi connectivity index (χ4n) is 1.82. The Bertz CT molecular complexity index is 298. The molecule has 0 unspecified atom stereocenters. The molecule has 5 heteroatoms. The van der Waals surface area contributed by atoms with Crippen molar-refractivity contribution in [2.45, 2.75) is 32.7 Å². The summed E-state index contributed by atoms with van der Waals surface area (Å²) in [7, 11) is 3.21. The first-order chi connectivity index (χ1) is 7.85. The van der Waals surface area contributed by atoms with Crippen LogP contribution < -0.4 is 5.32 Å². The van der Waals surface area contributed by atoms with E-state index >= 15 is 0 Å². The number of likely N-dealkylation sites (N-methyl/N-ethyl adjacent to an activating group) is 1. The van der Waals surface area contributed by atoms with Crippen molar-refractivity contribution in [2.24, 2.45) is 5.41 Å². The van der Waals surface area contributed by atoms with Crippen molar-refractivity contribution >= 4 is 11.9 Å². The van der Waals surface area contributed by atoms with Gasteiger partial charge < -0.3 is 10.1 Å². The quantitative estimate of drug-likeness (QED) is 0.685. The maximum atomic E-state index is 11.6. The Kier molecular flexibility index (Phi) is 4.51. The van der Waals surface area contributed by atoms with Gasteiger partial charge in [0.05, 0.1) is 19.1 Å². The first kappa shape index (κ1) is 14.0. The van der Waals surface area contributed by atoms with Crippen molar-refractivity contribution < 1.29 is 14.3 Å². The molecule has 0 aromatic carbocycles. The van der Waals surface area contributed by atoms with Crippen LogP contribution >= 0.6 is 0 Å². The van der Waals surface area contributed by atoms with Crippen LogP contribution in [-0.2, 0) is 14.3 Å². The van der Waals surface area contributed by atoms with Crippen molar-refractivity contribution in [3.63, 3.8) is 0 Å². The van der Waals surface area contributed by atoms with Gasteiger partial charge in [0.25, 0.3) is 0 Å². The van der Waals surface area contributed by atoms with Crippen LogP contribution in [0.2, 0.25) is 0 Å². The molecule has 17 heavy (non-hydrogen) atoms. The average molecular weight is 242 g/mol. The molecule has 1 amide bonds. The molecule has 1 saturated carbocycles. The molecule has 0 aliphatic heterocycles. The van der Waals surface area contributed by atoms with Gasteiger partial charge in [-0.05, 0) is 33.7 Å². The number of ether oxygens (including phenoxy) is 1. The molecule has 1 N–H and O–H groups in total. The number of carbonyl (C=O) groups excluding carboxylic acids is 2. The molecule has 5 nitrogen and oxygen atoms in total. The first-order valence-corrected chi connectivity index (χ1v) is 5.91. The second-order valence-electron chi connectivity index (χ2n) is 5.39. The fourth-order valence-corrected chi connectivity index (χ4v) is 1.82. The summed E-state index contributed by atoms with van der Waals surface area (Å²) in [6, 6.07) is 0.379. The van der Waals surface area contributed by atoms with Gasteiger partial charge in [-0.3, -0.25) is 14.5 Å². The van der Waals surface area contributed by atoms with Crippen LogP contribution in [-0.4, -0.2) is 50.1 Å². The molecule has 98 valence electrons. The number of nitrogens with one attached hydrogen (secondary N) is 1. The molecule has 0 spiro atoms. The molecule has 1 aliphatic rings. The van der Waals surface area contributed by atoms with Crippen LogP contribution in [0.4, 0.5) is 0 Å². The molecule has 1 aliphatic carbocycles. The minimum atomic E-state index is -0.594. The summed E-state index contributed by atoms with van der Waals surface area (Å²) < 4.78 is 4.73. The van der Waals surface area contributed by atoms with Gasteiger partial charge in [0, 0.05) is 12.6 Å². The van der Waals surface area contributed by atoms with E-state index in [0.717, 1.165) is 12.8 Å². The SMILES string of the molecule is COC(=O)C(C)(C)CN(C)CC(=O)NC1CC1. The van der Waals surface area contributed by atoms with Gasteiger partial charge >= 0.3 is 5.97 Å². The van der Waals surface area contributed by atoms with E-state index in [-0.39, 0.29) is 11.9 Å². The Morgan fingerprint density at radius 3 is 2.47 bits per heavy atom. The van der Waals surface area contributed by atoms with E-state index in [1.165, 1.54) is 7.11 Å². The Hall–Kier alpha value is -1.10. The largest absolute Gasteiger partial charge is 0.469 e. The van der Waals surface area contributed by atoms with Crippen LogP contribution in [0.15, 0.2) is 0 Å². The predicted molar refractivity (Wildman–Crippen MR) is 64.5 cm³/mol. The number of amides is 1. The third kappa shape index (κ3) is 4.73. The van der Waals surface area contributed by atoms with Crippen molar-refractivity contribution in [1.29, 1.82) is 0 Å². The fraction of sp³-hybridized carbons (Fsp3) is 0.833. The zero-order valence-corrected chi connectivity index (χ0v) is 11.1. The van der Waals surface area contributed by atoms with Gasteiger partial charge in [0.15, 0.2) is 0 Å². The van der Waals surface area contributed by atoms with E-state index in [2.05, 4.69) is 5.32 Å². The lowest BCUT2D eigenvalue weighted by atomic mass is 9.93. The van der Waals surface area contributed by atoms with Crippen LogP contribution in [0, 0.1) is 5.41 Å². The van der Waals surface area contributed by atoms with Crippen LogP contribution in [0.25, 0.3) is 0 Å². The third-order valence-electron chi connectivity index (χ3n) is 2.76. The molecule has 0 atom stereocenters. The highest BCUT2D eigenvalue weighted by atomic mass is 16.5. The van der Waals surface area contributed by atoms with Crippen LogP contribution in [0.1, 0.15) is 26.7 Å². The molecule has 0 radical (unpaired) electrons. The summed E-state index contributed by atoms with van der Waals surface area (Å²) in [6.45, 7) is 4.44. The molecule has 0 bridgehead atoms. The predicted octanol–water partition coefficient (Wildman–Crippen LogP) is 0.396. The number of nitrogens with zero attached hydrogens (tertiary/aromatic N) is 1. The monoisotopic (exact) mass is 242 g/mol. The van der Waals surface area contributed by atoms with E-state index in [9.17, 15) is 9.59 Å². The van der Waals surface area contributed by atoms with Crippen molar-refractivity contribution in [1.82, 2.24) is 10.2 Å². The van der Waals surface area contributed by atoms with Crippen molar-refractivity contribution in [3.8, 4) is 0 Å². The number of hydrogen-bond donors (Lipinski definition) is 1. The lowest BCUT2D eigenvalue weighted by molar-refractivity contribution is -0.152. The Balaban J connectivity index is 2.34. The molecule has 1 fully saturated rings. The third-order valence-corrected chi connectivity index (χ3v) is 2.76. The average Bonchev–Trinajstić information content (AvgIpc) is 2.98. The number of rotatable bonds is 6. The summed E-state index contributed by atoms with van der Waals surface area (Å²) >= 11 is 0. The molecule has 0 aromatic heterocycles. The first-order valence-electron chi connectivity index (χ1n) is 5.91. The van der Waals surface area contributed by atoms with Gasteiger partial charge in [-0.15, -0.1) is 0 Å². The van der Waals surface area contributed by atoms with Gasteiger partial charge in [0.2, 0.25) is 5.91 Å². The Labute approximate surface area is 102 Å². The number of hydrogen-bond acceptors (Lipinski definition) is 4.